The standard InChI is InChI=1S/C15H25BrN2/c1-5-8-17-12(2)9-15(3,4)10-14-7-6-13(16)11-18-14/h6-7,11-12,17H,5,8-10H2,1-4H3. The van der Waals surface area contributed by atoms with Gasteiger partial charge in [0.25, 0.3) is 0 Å². The number of rotatable bonds is 7. The number of pyridine rings is 1. The zero-order valence-electron chi connectivity index (χ0n) is 12.0. The van der Waals surface area contributed by atoms with Gasteiger partial charge in [0.05, 0.1) is 0 Å². The van der Waals surface area contributed by atoms with E-state index >= 15 is 0 Å². The normalized spacial score (nSPS) is 13.6. The van der Waals surface area contributed by atoms with Crippen LogP contribution in [0.1, 0.15) is 46.2 Å². The predicted molar refractivity (Wildman–Crippen MR) is 81.8 cm³/mol. The van der Waals surface area contributed by atoms with Crippen molar-refractivity contribution < 1.29 is 0 Å². The van der Waals surface area contributed by atoms with Gasteiger partial charge in [0.15, 0.2) is 0 Å². The molecule has 0 aliphatic carbocycles. The van der Waals surface area contributed by atoms with Gasteiger partial charge < -0.3 is 5.32 Å². The molecule has 0 fully saturated rings. The summed E-state index contributed by atoms with van der Waals surface area (Å²) in [5.41, 5.74) is 1.45. The highest BCUT2D eigenvalue weighted by molar-refractivity contribution is 9.10. The highest BCUT2D eigenvalue weighted by Gasteiger charge is 2.21. The van der Waals surface area contributed by atoms with Crippen LogP contribution in [-0.4, -0.2) is 17.6 Å². The highest BCUT2D eigenvalue weighted by atomic mass is 79.9. The molecule has 1 heterocycles. The maximum atomic E-state index is 4.47. The van der Waals surface area contributed by atoms with Crippen molar-refractivity contribution in [1.82, 2.24) is 10.3 Å². The van der Waals surface area contributed by atoms with Crippen molar-refractivity contribution in [2.24, 2.45) is 5.41 Å². The fraction of sp³-hybridized carbons (Fsp3) is 0.667. The number of aromatic nitrogens is 1. The molecule has 1 aromatic rings. The van der Waals surface area contributed by atoms with Crippen molar-refractivity contribution in [1.29, 1.82) is 0 Å². The van der Waals surface area contributed by atoms with Crippen LogP contribution in [0.15, 0.2) is 22.8 Å². The third-order valence-electron chi connectivity index (χ3n) is 3.05. The lowest BCUT2D eigenvalue weighted by Gasteiger charge is -2.28. The van der Waals surface area contributed by atoms with E-state index in [9.17, 15) is 0 Å². The molecule has 1 unspecified atom stereocenters. The summed E-state index contributed by atoms with van der Waals surface area (Å²) >= 11 is 3.42. The Kier molecular flexibility index (Phi) is 6.30. The Morgan fingerprint density at radius 3 is 2.67 bits per heavy atom. The summed E-state index contributed by atoms with van der Waals surface area (Å²) in [7, 11) is 0. The van der Waals surface area contributed by atoms with E-state index in [0.717, 1.165) is 17.4 Å². The molecule has 0 saturated heterocycles. The topological polar surface area (TPSA) is 24.9 Å². The third-order valence-corrected chi connectivity index (χ3v) is 3.52. The summed E-state index contributed by atoms with van der Waals surface area (Å²) in [6.07, 6.45) is 5.27. The number of hydrogen-bond donors (Lipinski definition) is 1. The first kappa shape index (κ1) is 15.6. The van der Waals surface area contributed by atoms with E-state index in [1.807, 2.05) is 6.20 Å². The Hall–Kier alpha value is -0.410. The van der Waals surface area contributed by atoms with E-state index in [0.29, 0.717) is 6.04 Å². The molecule has 0 amide bonds. The van der Waals surface area contributed by atoms with Crippen LogP contribution >= 0.6 is 15.9 Å². The second-order valence-corrected chi connectivity index (χ2v) is 6.78. The van der Waals surface area contributed by atoms with Crippen molar-refractivity contribution in [3.8, 4) is 0 Å². The molecular formula is C15H25BrN2. The Labute approximate surface area is 120 Å². The second-order valence-electron chi connectivity index (χ2n) is 5.87. The molecule has 0 saturated carbocycles. The fourth-order valence-corrected chi connectivity index (χ4v) is 2.60. The minimum Gasteiger partial charge on any atom is -0.314 e. The highest BCUT2D eigenvalue weighted by Crippen LogP contribution is 2.27. The maximum Gasteiger partial charge on any atom is 0.0413 e. The summed E-state index contributed by atoms with van der Waals surface area (Å²) in [6.45, 7) is 10.2. The number of hydrogen-bond acceptors (Lipinski definition) is 2. The van der Waals surface area contributed by atoms with Crippen LogP contribution in [0.25, 0.3) is 0 Å². The first-order valence-electron chi connectivity index (χ1n) is 6.77. The molecule has 102 valence electrons. The van der Waals surface area contributed by atoms with Crippen LogP contribution < -0.4 is 5.32 Å². The van der Waals surface area contributed by atoms with Gasteiger partial charge in [0, 0.05) is 22.4 Å². The Bertz CT molecular complexity index is 346. The molecule has 1 atom stereocenters. The van der Waals surface area contributed by atoms with Gasteiger partial charge in [-0.05, 0) is 66.2 Å². The smallest absolute Gasteiger partial charge is 0.0413 e. The van der Waals surface area contributed by atoms with Gasteiger partial charge in [-0.3, -0.25) is 4.98 Å². The summed E-state index contributed by atoms with van der Waals surface area (Å²) in [4.78, 5) is 4.47. The van der Waals surface area contributed by atoms with Crippen molar-refractivity contribution in [3.05, 3.63) is 28.5 Å². The molecule has 1 rings (SSSR count). The van der Waals surface area contributed by atoms with Crippen molar-refractivity contribution in [2.45, 2.75) is 53.0 Å². The maximum absolute atomic E-state index is 4.47. The summed E-state index contributed by atoms with van der Waals surface area (Å²) in [5.74, 6) is 0. The van der Waals surface area contributed by atoms with Gasteiger partial charge in [-0.2, -0.15) is 0 Å². The minimum absolute atomic E-state index is 0.279. The number of nitrogens with one attached hydrogen (secondary N) is 1. The van der Waals surface area contributed by atoms with Gasteiger partial charge in [-0.15, -0.1) is 0 Å². The van der Waals surface area contributed by atoms with E-state index in [4.69, 9.17) is 0 Å². The van der Waals surface area contributed by atoms with Gasteiger partial charge in [-0.1, -0.05) is 20.8 Å². The molecule has 0 radical (unpaired) electrons. The molecule has 3 heteroatoms. The van der Waals surface area contributed by atoms with E-state index in [-0.39, 0.29) is 5.41 Å². The lowest BCUT2D eigenvalue weighted by molar-refractivity contribution is 0.284. The SMILES string of the molecule is CCCNC(C)CC(C)(C)Cc1ccc(Br)cn1. The zero-order chi connectivity index (χ0) is 13.6. The largest absolute Gasteiger partial charge is 0.314 e. The van der Waals surface area contributed by atoms with Gasteiger partial charge in [0.1, 0.15) is 0 Å². The van der Waals surface area contributed by atoms with Gasteiger partial charge >= 0.3 is 0 Å². The van der Waals surface area contributed by atoms with Crippen molar-refractivity contribution in [2.75, 3.05) is 6.54 Å². The van der Waals surface area contributed by atoms with Gasteiger partial charge in [0.2, 0.25) is 0 Å². The first-order chi connectivity index (χ1) is 8.43. The third kappa shape index (κ3) is 5.96. The van der Waals surface area contributed by atoms with Crippen LogP contribution in [-0.2, 0) is 6.42 Å². The van der Waals surface area contributed by atoms with Crippen LogP contribution in [0, 0.1) is 5.41 Å². The minimum atomic E-state index is 0.279. The lowest BCUT2D eigenvalue weighted by atomic mass is 9.81. The molecule has 0 aliphatic heterocycles. The molecule has 0 spiro atoms. The number of nitrogens with zero attached hydrogens (tertiary/aromatic N) is 1. The van der Waals surface area contributed by atoms with Crippen LogP contribution in [0.3, 0.4) is 0 Å². The Morgan fingerprint density at radius 1 is 1.39 bits per heavy atom. The molecular weight excluding hydrogens is 288 g/mol. The van der Waals surface area contributed by atoms with Crippen molar-refractivity contribution in [3.63, 3.8) is 0 Å². The molecule has 1 N–H and O–H groups in total. The molecule has 2 nitrogen and oxygen atoms in total. The molecule has 0 bridgehead atoms. The zero-order valence-corrected chi connectivity index (χ0v) is 13.5. The number of halogens is 1. The lowest BCUT2D eigenvalue weighted by Crippen LogP contribution is -2.32. The average molecular weight is 313 g/mol. The Morgan fingerprint density at radius 2 is 2.11 bits per heavy atom. The summed E-state index contributed by atoms with van der Waals surface area (Å²) in [5, 5.41) is 3.56. The quantitative estimate of drug-likeness (QED) is 0.816. The molecule has 1 aromatic heterocycles. The van der Waals surface area contributed by atoms with Crippen LogP contribution in [0.2, 0.25) is 0 Å². The predicted octanol–water partition coefficient (Wildman–Crippen LogP) is 4.19. The molecule has 0 aromatic carbocycles. The van der Waals surface area contributed by atoms with E-state index in [2.05, 4.69) is 66.1 Å². The van der Waals surface area contributed by atoms with E-state index in [1.54, 1.807) is 0 Å². The second kappa shape index (κ2) is 7.25. The van der Waals surface area contributed by atoms with E-state index in [1.165, 1.54) is 18.5 Å². The van der Waals surface area contributed by atoms with Crippen molar-refractivity contribution >= 4 is 15.9 Å². The average Bonchev–Trinajstić information content (AvgIpc) is 2.28. The fourth-order valence-electron chi connectivity index (χ4n) is 2.37. The van der Waals surface area contributed by atoms with Crippen LogP contribution in [0.5, 0.6) is 0 Å². The molecule has 0 aliphatic rings. The monoisotopic (exact) mass is 312 g/mol. The summed E-state index contributed by atoms with van der Waals surface area (Å²) in [6, 6.07) is 4.74. The van der Waals surface area contributed by atoms with Gasteiger partial charge in [-0.25, -0.2) is 0 Å². The van der Waals surface area contributed by atoms with E-state index < -0.39 is 0 Å². The Balaban J connectivity index is 2.50. The first-order valence-corrected chi connectivity index (χ1v) is 7.56. The molecule has 18 heavy (non-hydrogen) atoms. The van der Waals surface area contributed by atoms with Crippen LogP contribution in [0.4, 0.5) is 0 Å². The summed E-state index contributed by atoms with van der Waals surface area (Å²) < 4.78 is 1.04.